The average molecular weight is 498 g/mol. The smallest absolute Gasteiger partial charge is 0.408 e. The van der Waals surface area contributed by atoms with Crippen molar-refractivity contribution in [1.82, 2.24) is 5.32 Å². The van der Waals surface area contributed by atoms with Crippen molar-refractivity contribution >= 4 is 13.5 Å². The van der Waals surface area contributed by atoms with E-state index in [0.29, 0.717) is 0 Å². The Labute approximate surface area is 206 Å². The van der Waals surface area contributed by atoms with Gasteiger partial charge in [-0.15, -0.1) is 0 Å². The lowest BCUT2D eigenvalue weighted by Crippen LogP contribution is -2.36. The highest BCUT2D eigenvalue weighted by atomic mass is 31.2. The fourth-order valence-corrected chi connectivity index (χ4v) is 5.49. The van der Waals surface area contributed by atoms with Crippen molar-refractivity contribution in [2.45, 2.75) is 51.2 Å². The molecule has 0 aliphatic heterocycles. The van der Waals surface area contributed by atoms with Crippen molar-refractivity contribution in [3.05, 3.63) is 107 Å². The summed E-state index contributed by atoms with van der Waals surface area (Å²) in [7, 11) is -3.91. The van der Waals surface area contributed by atoms with E-state index in [1.807, 2.05) is 79.7 Å². The zero-order valence-electron chi connectivity index (χ0n) is 19.7. The van der Waals surface area contributed by atoms with Crippen LogP contribution in [-0.2, 0) is 33.4 Å². The quantitative estimate of drug-likeness (QED) is 0.231. The molecule has 0 saturated carbocycles. The molecule has 3 atom stereocenters. The second-order valence-electron chi connectivity index (χ2n) is 8.39. The Bertz CT molecular complexity index is 1110. The molecule has 0 radical (unpaired) electrons. The summed E-state index contributed by atoms with van der Waals surface area (Å²) in [5, 5.41) is 12.9. The molecule has 3 unspecified atom stereocenters. The summed E-state index contributed by atoms with van der Waals surface area (Å²) in [5.74, 6) is -1.11. The number of ether oxygens (including phenoxy) is 2. The van der Waals surface area contributed by atoms with E-state index in [2.05, 4.69) is 5.32 Å². The number of rotatable bonds is 12. The van der Waals surface area contributed by atoms with E-state index in [-0.39, 0.29) is 32.2 Å². The van der Waals surface area contributed by atoms with Crippen LogP contribution in [0.2, 0.25) is 0 Å². The van der Waals surface area contributed by atoms with Gasteiger partial charge in [-0.3, -0.25) is 4.57 Å². The molecule has 7 nitrogen and oxygen atoms in total. The Hall–Kier alpha value is -2.96. The molecule has 35 heavy (non-hydrogen) atoms. The van der Waals surface area contributed by atoms with E-state index in [9.17, 15) is 19.4 Å². The summed E-state index contributed by atoms with van der Waals surface area (Å²) in [6, 6.07) is 25.9. The van der Waals surface area contributed by atoms with Crippen molar-refractivity contribution in [2.24, 2.45) is 0 Å². The number of hydrogen-bond acceptors (Lipinski definition) is 5. The first kappa shape index (κ1) is 26.6. The van der Waals surface area contributed by atoms with Gasteiger partial charge in [-0.05, 0) is 35.6 Å². The lowest BCUT2D eigenvalue weighted by atomic mass is 10.1. The number of nitrogens with one attached hydrogen (secondary N) is 1. The lowest BCUT2D eigenvalue weighted by Gasteiger charge is -2.25. The van der Waals surface area contributed by atoms with Gasteiger partial charge in [0, 0.05) is 6.42 Å². The van der Waals surface area contributed by atoms with Gasteiger partial charge in [-0.2, -0.15) is 0 Å². The first-order valence-corrected chi connectivity index (χ1v) is 13.4. The monoisotopic (exact) mass is 497 g/mol. The number of carbonyl (C=O) groups is 1. The summed E-state index contributed by atoms with van der Waals surface area (Å²) in [6.45, 7) is 2.11. The van der Waals surface area contributed by atoms with Gasteiger partial charge in [0.2, 0.25) is 7.37 Å². The minimum atomic E-state index is -3.91. The van der Waals surface area contributed by atoms with Crippen LogP contribution in [0, 0.1) is 6.92 Å². The number of hydrogen-bond donors (Lipinski definition) is 3. The minimum Gasteiger partial charge on any atom is -0.445 e. The van der Waals surface area contributed by atoms with Gasteiger partial charge in [0.05, 0.1) is 12.8 Å². The van der Waals surface area contributed by atoms with E-state index in [1.54, 1.807) is 12.1 Å². The number of benzene rings is 3. The van der Waals surface area contributed by atoms with Crippen LogP contribution in [0.25, 0.3) is 0 Å². The SMILES string of the molecule is Cc1ccccc1CP(=O)(O)C(CCC(O)OCc1ccccc1)NC(=O)OCc1ccccc1. The molecule has 0 aliphatic carbocycles. The minimum absolute atomic E-state index is 0.0374. The summed E-state index contributed by atoms with van der Waals surface area (Å²) in [6.07, 6.45) is -1.95. The molecule has 0 heterocycles. The molecule has 0 fully saturated rings. The Morgan fingerprint density at radius 1 is 0.886 bits per heavy atom. The van der Waals surface area contributed by atoms with E-state index in [4.69, 9.17) is 9.47 Å². The standard InChI is InChI=1S/C27H32NO6P/c1-21-10-8-9-15-24(21)20-35(31,32)25(28-27(30)34-19-23-13-6-3-7-14-23)16-17-26(29)33-18-22-11-4-2-5-12-22/h2-15,25-26,29H,16-20H2,1H3,(H,28,30)(H,31,32). The zero-order chi connectivity index (χ0) is 25.1. The van der Waals surface area contributed by atoms with Gasteiger partial charge < -0.3 is 24.8 Å². The molecule has 0 spiro atoms. The first-order chi connectivity index (χ1) is 16.8. The van der Waals surface area contributed by atoms with E-state index in [0.717, 1.165) is 22.3 Å². The average Bonchev–Trinajstić information content (AvgIpc) is 2.86. The van der Waals surface area contributed by atoms with Crippen LogP contribution in [0.1, 0.15) is 35.1 Å². The van der Waals surface area contributed by atoms with Crippen LogP contribution in [0.4, 0.5) is 4.79 Å². The largest absolute Gasteiger partial charge is 0.445 e. The Balaban J connectivity index is 1.63. The maximum atomic E-state index is 13.4. The normalized spacial score (nSPS) is 14.5. The number of aryl methyl sites for hydroxylation is 1. The number of aliphatic hydroxyl groups is 1. The highest BCUT2D eigenvalue weighted by Gasteiger charge is 2.33. The van der Waals surface area contributed by atoms with Crippen molar-refractivity contribution < 1.29 is 28.8 Å². The van der Waals surface area contributed by atoms with Gasteiger partial charge in [0.25, 0.3) is 0 Å². The van der Waals surface area contributed by atoms with Crippen LogP contribution < -0.4 is 5.32 Å². The third kappa shape index (κ3) is 8.96. The molecular formula is C27H32NO6P. The predicted octanol–water partition coefficient (Wildman–Crippen LogP) is 5.33. The van der Waals surface area contributed by atoms with E-state index >= 15 is 0 Å². The maximum absolute atomic E-state index is 13.4. The van der Waals surface area contributed by atoms with Crippen LogP contribution in [-0.4, -0.2) is 28.2 Å². The summed E-state index contributed by atoms with van der Waals surface area (Å²) in [4.78, 5) is 23.5. The number of alkyl carbamates (subject to hydrolysis) is 1. The molecule has 0 aromatic heterocycles. The number of aliphatic hydroxyl groups excluding tert-OH is 1. The van der Waals surface area contributed by atoms with Gasteiger partial charge in [-0.25, -0.2) is 4.79 Å². The fraction of sp³-hybridized carbons (Fsp3) is 0.296. The first-order valence-electron chi connectivity index (χ1n) is 11.5. The fourth-order valence-electron chi connectivity index (χ4n) is 3.57. The van der Waals surface area contributed by atoms with E-state index < -0.39 is 25.5 Å². The zero-order valence-corrected chi connectivity index (χ0v) is 20.6. The van der Waals surface area contributed by atoms with Crippen LogP contribution in [0.5, 0.6) is 0 Å². The third-order valence-electron chi connectivity index (χ3n) is 5.61. The van der Waals surface area contributed by atoms with Crippen LogP contribution >= 0.6 is 7.37 Å². The molecule has 3 aromatic rings. The predicted molar refractivity (Wildman–Crippen MR) is 135 cm³/mol. The Kier molecular flexibility index (Phi) is 10.1. The molecule has 3 rings (SSSR count). The summed E-state index contributed by atoms with van der Waals surface area (Å²) in [5.41, 5.74) is 3.32. The maximum Gasteiger partial charge on any atom is 0.408 e. The molecule has 1 amide bonds. The molecule has 8 heteroatoms. The van der Waals surface area contributed by atoms with Crippen molar-refractivity contribution in [3.63, 3.8) is 0 Å². The topological polar surface area (TPSA) is 105 Å². The molecule has 3 N–H and O–H groups in total. The third-order valence-corrected chi connectivity index (χ3v) is 7.77. The summed E-state index contributed by atoms with van der Waals surface area (Å²) >= 11 is 0. The molecule has 0 bridgehead atoms. The van der Waals surface area contributed by atoms with Crippen LogP contribution in [0.15, 0.2) is 84.9 Å². The van der Waals surface area contributed by atoms with Crippen molar-refractivity contribution in [2.75, 3.05) is 0 Å². The van der Waals surface area contributed by atoms with Gasteiger partial charge in [-0.1, -0.05) is 84.9 Å². The molecule has 0 aliphatic rings. The number of amides is 1. The van der Waals surface area contributed by atoms with E-state index in [1.165, 1.54) is 0 Å². The molecule has 0 saturated heterocycles. The van der Waals surface area contributed by atoms with Crippen molar-refractivity contribution in [3.8, 4) is 0 Å². The number of carbonyl (C=O) groups excluding carboxylic acids is 1. The highest BCUT2D eigenvalue weighted by Crippen LogP contribution is 2.50. The van der Waals surface area contributed by atoms with Crippen LogP contribution in [0.3, 0.4) is 0 Å². The van der Waals surface area contributed by atoms with Crippen molar-refractivity contribution in [1.29, 1.82) is 0 Å². The van der Waals surface area contributed by atoms with Gasteiger partial charge >= 0.3 is 6.09 Å². The highest BCUT2D eigenvalue weighted by molar-refractivity contribution is 7.57. The molecule has 186 valence electrons. The van der Waals surface area contributed by atoms with Gasteiger partial charge in [0.15, 0.2) is 6.29 Å². The Morgan fingerprint density at radius 2 is 1.46 bits per heavy atom. The second-order valence-corrected chi connectivity index (χ2v) is 10.8. The lowest BCUT2D eigenvalue weighted by molar-refractivity contribution is -0.112. The Morgan fingerprint density at radius 3 is 2.09 bits per heavy atom. The molecular weight excluding hydrogens is 465 g/mol. The summed E-state index contributed by atoms with van der Waals surface area (Å²) < 4.78 is 24.1. The molecule has 3 aromatic carbocycles. The van der Waals surface area contributed by atoms with Gasteiger partial charge in [0.1, 0.15) is 12.4 Å². The second kappa shape index (κ2) is 13.2.